The van der Waals surface area contributed by atoms with Gasteiger partial charge in [-0.25, -0.2) is 13.2 Å². The predicted octanol–water partition coefficient (Wildman–Crippen LogP) is 4.24. The second-order valence-corrected chi connectivity index (χ2v) is 11.3. The fourth-order valence-electron chi connectivity index (χ4n) is 5.01. The van der Waals surface area contributed by atoms with Crippen molar-refractivity contribution < 1.29 is 23.1 Å². The van der Waals surface area contributed by atoms with Gasteiger partial charge in [-0.05, 0) is 64.9 Å². The molecule has 0 spiro atoms. The largest absolute Gasteiger partial charge is 0.437 e. The van der Waals surface area contributed by atoms with Gasteiger partial charge in [-0.3, -0.25) is 9.69 Å². The Morgan fingerprint density at radius 3 is 2.55 bits per heavy atom. The highest BCUT2D eigenvalue weighted by atomic mass is 127. The van der Waals surface area contributed by atoms with Crippen molar-refractivity contribution in [2.45, 2.75) is 24.6 Å². The first-order valence-corrected chi connectivity index (χ1v) is 13.5. The Morgan fingerprint density at radius 2 is 1.82 bits per heavy atom. The molecule has 1 amide bonds. The Balaban J connectivity index is 1.18. The predicted molar refractivity (Wildman–Crippen MR) is 149 cm³/mol. The molecule has 6 nitrogen and oxygen atoms in total. The Morgan fingerprint density at radius 1 is 1.05 bits per heavy atom. The maximum Gasteiger partial charge on any atom is 0.256 e. The van der Waals surface area contributed by atoms with Gasteiger partial charge in [0.1, 0.15) is 5.82 Å². The minimum Gasteiger partial charge on any atom is -0.437 e. The van der Waals surface area contributed by atoms with Crippen LogP contribution in [-0.2, 0) is 6.54 Å². The number of hydrogen-bond donors (Lipinski definition) is 2. The molecule has 5 rings (SSSR count). The molecular formula is C28H29F3IN4O2+. The van der Waals surface area contributed by atoms with Gasteiger partial charge < -0.3 is 20.6 Å². The van der Waals surface area contributed by atoms with Crippen molar-refractivity contribution in [3.8, 4) is 0 Å². The van der Waals surface area contributed by atoms with Gasteiger partial charge in [0, 0.05) is 29.2 Å². The lowest BCUT2D eigenvalue weighted by Crippen LogP contribution is -2.67. The maximum absolute atomic E-state index is 14.7. The number of nitrogens with one attached hydrogen (secondary N) is 2. The molecule has 1 unspecified atom stereocenters. The normalized spacial score (nSPS) is 18.9. The number of carbonyl (C=O) groups is 1. The summed E-state index contributed by atoms with van der Waals surface area (Å²) in [6, 6.07) is 16.9. The Kier molecular flexibility index (Phi) is 7.94. The third-order valence-electron chi connectivity index (χ3n) is 7.04. The molecule has 2 aliphatic heterocycles. The zero-order valence-corrected chi connectivity index (χ0v) is 22.8. The van der Waals surface area contributed by atoms with Crippen molar-refractivity contribution in [1.29, 1.82) is 0 Å². The highest BCUT2D eigenvalue weighted by molar-refractivity contribution is 14.1. The number of rotatable bonds is 8. The molecule has 2 aliphatic rings. The number of anilines is 2. The van der Waals surface area contributed by atoms with Crippen LogP contribution in [-0.4, -0.2) is 65.2 Å². The molecule has 0 radical (unpaired) electrons. The summed E-state index contributed by atoms with van der Waals surface area (Å²) in [5.41, 5.74) is -0.181. The Labute approximate surface area is 233 Å². The van der Waals surface area contributed by atoms with Crippen LogP contribution in [0.5, 0.6) is 0 Å². The molecule has 4 N–H and O–H groups in total. The Hall–Kier alpha value is -2.67. The molecule has 3 aromatic carbocycles. The third-order valence-corrected chi connectivity index (χ3v) is 7.71. The van der Waals surface area contributed by atoms with Gasteiger partial charge in [0.25, 0.3) is 5.91 Å². The van der Waals surface area contributed by atoms with Crippen molar-refractivity contribution in [3.63, 3.8) is 0 Å². The van der Waals surface area contributed by atoms with E-state index in [-0.39, 0.29) is 30.4 Å². The van der Waals surface area contributed by atoms with E-state index < -0.39 is 34.6 Å². The summed E-state index contributed by atoms with van der Waals surface area (Å²) in [4.78, 5) is 17.0. The molecule has 200 valence electrons. The lowest BCUT2D eigenvalue weighted by Gasteiger charge is -2.43. The highest BCUT2D eigenvalue weighted by Crippen LogP contribution is 2.32. The van der Waals surface area contributed by atoms with Crippen LogP contribution in [0.25, 0.3) is 0 Å². The summed E-state index contributed by atoms with van der Waals surface area (Å²) in [7, 11) is 0. The van der Waals surface area contributed by atoms with E-state index in [2.05, 4.69) is 27.7 Å². The van der Waals surface area contributed by atoms with E-state index in [1.807, 2.05) is 40.8 Å². The van der Waals surface area contributed by atoms with Gasteiger partial charge in [0.05, 0.1) is 36.6 Å². The van der Waals surface area contributed by atoms with Crippen LogP contribution in [0.15, 0.2) is 60.7 Å². The minimum atomic E-state index is -1.26. The second kappa shape index (κ2) is 11.2. The zero-order chi connectivity index (χ0) is 26.9. The number of amides is 1. The topological polar surface area (TPSA) is 70.5 Å². The molecule has 2 saturated heterocycles. The molecule has 10 heteroatoms. The van der Waals surface area contributed by atoms with Crippen LogP contribution < -0.4 is 10.6 Å². The fourth-order valence-corrected chi connectivity index (χ4v) is 5.46. The Bertz CT molecular complexity index is 1320. The van der Waals surface area contributed by atoms with E-state index in [9.17, 15) is 18.0 Å². The molecular weight excluding hydrogens is 608 g/mol. The van der Waals surface area contributed by atoms with Crippen molar-refractivity contribution in [2.75, 3.05) is 38.0 Å². The first-order valence-electron chi connectivity index (χ1n) is 12.4. The van der Waals surface area contributed by atoms with E-state index in [1.54, 1.807) is 6.07 Å². The molecule has 3 aromatic rings. The summed E-state index contributed by atoms with van der Waals surface area (Å²) in [5.74, 6) is -3.58. The van der Waals surface area contributed by atoms with Gasteiger partial charge in [-0.15, -0.1) is 0 Å². The van der Waals surface area contributed by atoms with E-state index in [4.69, 9.17) is 5.11 Å². The van der Waals surface area contributed by atoms with Gasteiger partial charge in [-0.2, -0.15) is 0 Å². The molecule has 0 bridgehead atoms. The molecule has 2 fully saturated rings. The van der Waals surface area contributed by atoms with Crippen LogP contribution in [0.4, 0.5) is 24.5 Å². The standard InChI is InChI=1S/C28H28F3IN4O2/c29-22-8-7-21(26(25(22)31)34-24-9-6-19(32)12-23(24)30)27(37)36-16-28(38,17-36)15-33-20-10-11-35(14-20)13-18-4-2-1-3-5-18/h1-9,12,20,33-34,38H,10-11,13-17H2/p+1. The minimum absolute atomic E-state index is 0.0653. The molecule has 0 saturated carbocycles. The molecule has 0 aromatic heterocycles. The molecule has 38 heavy (non-hydrogen) atoms. The molecule has 2 heterocycles. The second-order valence-electron chi connectivity index (χ2n) is 10.1. The first-order chi connectivity index (χ1) is 18.2. The number of hydrogen-bond acceptors (Lipinski definition) is 4. The summed E-state index contributed by atoms with van der Waals surface area (Å²) in [5, 5.41) is 14.8. The summed E-state index contributed by atoms with van der Waals surface area (Å²) in [6.07, 6.45) is 0.991. The van der Waals surface area contributed by atoms with E-state index >= 15 is 0 Å². The van der Waals surface area contributed by atoms with Crippen molar-refractivity contribution in [2.24, 2.45) is 0 Å². The molecule has 0 aliphatic carbocycles. The quantitative estimate of drug-likeness (QED) is 0.287. The summed E-state index contributed by atoms with van der Waals surface area (Å²) < 4.78 is 43.8. The maximum atomic E-state index is 14.7. The number of carbonyl (C=O) groups excluding carboxylic acids is 1. The van der Waals surface area contributed by atoms with Crippen LogP contribution in [0, 0.1) is 21.0 Å². The van der Waals surface area contributed by atoms with E-state index in [0.29, 0.717) is 10.1 Å². The lowest BCUT2D eigenvalue weighted by atomic mass is 9.92. The molecule has 1 atom stereocenters. The number of likely N-dealkylation sites (tertiary alicyclic amines) is 2. The lowest BCUT2D eigenvalue weighted by molar-refractivity contribution is -0.0796. The van der Waals surface area contributed by atoms with Crippen LogP contribution in [0.2, 0.25) is 0 Å². The van der Waals surface area contributed by atoms with Crippen LogP contribution >= 0.6 is 22.6 Å². The fraction of sp³-hybridized carbons (Fsp3) is 0.321. The average molecular weight is 637 g/mol. The monoisotopic (exact) mass is 637 g/mol. The third kappa shape index (κ3) is 5.98. The van der Waals surface area contributed by atoms with Crippen LogP contribution in [0.1, 0.15) is 22.3 Å². The van der Waals surface area contributed by atoms with E-state index in [1.165, 1.54) is 28.7 Å². The van der Waals surface area contributed by atoms with Crippen molar-refractivity contribution >= 4 is 39.9 Å². The first kappa shape index (κ1) is 26.9. The van der Waals surface area contributed by atoms with E-state index in [0.717, 1.165) is 32.1 Å². The number of nitrogens with zero attached hydrogens (tertiary/aromatic N) is 2. The smallest absolute Gasteiger partial charge is 0.256 e. The average Bonchev–Trinajstić information content (AvgIpc) is 3.33. The number of benzene rings is 3. The number of halogens is 4. The van der Waals surface area contributed by atoms with Gasteiger partial charge in [-0.1, -0.05) is 30.3 Å². The van der Waals surface area contributed by atoms with Crippen LogP contribution in [0.3, 0.4) is 0 Å². The summed E-state index contributed by atoms with van der Waals surface area (Å²) in [6.45, 7) is 3.52. The SMILES string of the molecule is O=C(c1ccc(F)c(F)c1Nc1ccc(I)cc1F)N1CC([OH2+])(CNC2CCN(Cc3ccccc3)C2)C1. The summed E-state index contributed by atoms with van der Waals surface area (Å²) >= 11 is 1.94. The van der Waals surface area contributed by atoms with Gasteiger partial charge in [0.15, 0.2) is 11.6 Å². The zero-order valence-electron chi connectivity index (χ0n) is 20.6. The van der Waals surface area contributed by atoms with Gasteiger partial charge >= 0.3 is 0 Å². The highest BCUT2D eigenvalue weighted by Gasteiger charge is 2.49. The van der Waals surface area contributed by atoms with Gasteiger partial charge in [0.2, 0.25) is 5.60 Å². The van der Waals surface area contributed by atoms with Crippen molar-refractivity contribution in [3.05, 3.63) is 92.8 Å². The van der Waals surface area contributed by atoms with Crippen molar-refractivity contribution in [1.82, 2.24) is 15.1 Å².